The van der Waals surface area contributed by atoms with Crippen LogP contribution in [0.25, 0.3) is 0 Å². The summed E-state index contributed by atoms with van der Waals surface area (Å²) in [5.74, 6) is 1.75. The van der Waals surface area contributed by atoms with E-state index in [-0.39, 0.29) is 0 Å². The molecular weight excluding hydrogens is 196 g/mol. The monoisotopic (exact) mass is 220 g/mol. The summed E-state index contributed by atoms with van der Waals surface area (Å²) in [4.78, 5) is 0. The van der Waals surface area contributed by atoms with Gasteiger partial charge in [-0.2, -0.15) is 0 Å². The summed E-state index contributed by atoms with van der Waals surface area (Å²) < 4.78 is 0. The van der Waals surface area contributed by atoms with Gasteiger partial charge >= 0.3 is 0 Å². The van der Waals surface area contributed by atoms with Crippen LogP contribution in [0.15, 0.2) is 23.8 Å². The summed E-state index contributed by atoms with van der Waals surface area (Å²) in [6, 6.07) is 0. The molecule has 1 fully saturated rings. The second-order valence-corrected chi connectivity index (χ2v) is 6.39. The molecule has 90 valence electrons. The van der Waals surface area contributed by atoms with Crippen molar-refractivity contribution in [2.24, 2.45) is 17.3 Å². The van der Waals surface area contributed by atoms with Gasteiger partial charge in [0.25, 0.3) is 0 Å². The molecule has 0 bridgehead atoms. The molecule has 3 atom stereocenters. The van der Waals surface area contributed by atoms with Crippen LogP contribution in [0.3, 0.4) is 0 Å². The van der Waals surface area contributed by atoms with Crippen LogP contribution in [0.2, 0.25) is 0 Å². The van der Waals surface area contributed by atoms with Crippen molar-refractivity contribution >= 4 is 0 Å². The van der Waals surface area contributed by atoms with Crippen LogP contribution in [0, 0.1) is 17.3 Å². The van der Waals surface area contributed by atoms with Crippen LogP contribution >= 0.6 is 0 Å². The minimum atomic E-state index is -0.712. The van der Waals surface area contributed by atoms with Crippen LogP contribution in [0.5, 0.6) is 0 Å². The Morgan fingerprint density at radius 3 is 2.62 bits per heavy atom. The lowest BCUT2D eigenvalue weighted by Crippen LogP contribution is -2.23. The molecule has 0 aliphatic heterocycles. The van der Waals surface area contributed by atoms with Gasteiger partial charge in [-0.3, -0.25) is 0 Å². The molecule has 1 heteroatoms. The molecule has 1 saturated carbocycles. The second-order valence-electron chi connectivity index (χ2n) is 6.39. The maximum absolute atomic E-state index is 9.98. The molecule has 0 aromatic rings. The third-order valence-electron chi connectivity index (χ3n) is 4.85. The number of aliphatic hydroxyl groups is 1. The summed E-state index contributed by atoms with van der Waals surface area (Å²) >= 11 is 0. The van der Waals surface area contributed by atoms with E-state index in [4.69, 9.17) is 0 Å². The molecule has 0 amide bonds. The van der Waals surface area contributed by atoms with E-state index in [1.54, 1.807) is 17.2 Å². The van der Waals surface area contributed by atoms with Gasteiger partial charge < -0.3 is 5.11 Å². The minimum Gasteiger partial charge on any atom is -0.386 e. The van der Waals surface area contributed by atoms with Crippen LogP contribution in [-0.2, 0) is 0 Å². The highest BCUT2D eigenvalue weighted by Gasteiger charge is 2.55. The summed E-state index contributed by atoms with van der Waals surface area (Å²) in [5.41, 5.74) is 2.85. The smallest absolute Gasteiger partial charge is 0.0800 e. The standard InChI is InChI=1S/C15H24O/c1-6-15(5,16)8-7-12-10(2)11-9-13(11)14(12,3)4/h6,11,13,16H,1,7-9H2,2-5H3. The topological polar surface area (TPSA) is 20.2 Å². The van der Waals surface area contributed by atoms with Crippen molar-refractivity contribution in [3.8, 4) is 0 Å². The summed E-state index contributed by atoms with van der Waals surface area (Å²) in [7, 11) is 0. The average Bonchev–Trinajstić information content (AvgIpc) is 2.93. The SMILES string of the molecule is C=CC(C)(O)CCC1=C(C)C2CC2C1(C)C. The van der Waals surface area contributed by atoms with Gasteiger partial charge in [-0.15, -0.1) is 6.58 Å². The molecule has 0 heterocycles. The first-order valence-electron chi connectivity index (χ1n) is 6.35. The van der Waals surface area contributed by atoms with E-state index >= 15 is 0 Å². The van der Waals surface area contributed by atoms with Crippen molar-refractivity contribution in [1.29, 1.82) is 0 Å². The Labute approximate surface area is 99.3 Å². The van der Waals surface area contributed by atoms with Crippen molar-refractivity contribution in [3.63, 3.8) is 0 Å². The molecule has 2 aliphatic rings. The zero-order chi connectivity index (χ0) is 12.1. The van der Waals surface area contributed by atoms with Crippen LogP contribution in [0.4, 0.5) is 0 Å². The zero-order valence-corrected chi connectivity index (χ0v) is 11.0. The van der Waals surface area contributed by atoms with Crippen LogP contribution in [0.1, 0.15) is 47.0 Å². The maximum Gasteiger partial charge on any atom is 0.0800 e. The Morgan fingerprint density at radius 2 is 2.19 bits per heavy atom. The molecule has 1 N–H and O–H groups in total. The molecule has 0 saturated heterocycles. The van der Waals surface area contributed by atoms with Crippen molar-refractivity contribution in [3.05, 3.63) is 23.8 Å². The Bertz CT molecular complexity index is 346. The van der Waals surface area contributed by atoms with Crippen molar-refractivity contribution in [2.75, 3.05) is 0 Å². The van der Waals surface area contributed by atoms with E-state index in [1.165, 1.54) is 6.42 Å². The van der Waals surface area contributed by atoms with Gasteiger partial charge in [0.15, 0.2) is 0 Å². The third-order valence-corrected chi connectivity index (χ3v) is 4.85. The number of rotatable bonds is 4. The highest BCUT2D eigenvalue weighted by molar-refractivity contribution is 5.36. The molecule has 3 unspecified atom stereocenters. The predicted octanol–water partition coefficient (Wildman–Crippen LogP) is 3.70. The van der Waals surface area contributed by atoms with E-state index in [1.807, 2.05) is 6.92 Å². The minimum absolute atomic E-state index is 0.367. The lowest BCUT2D eigenvalue weighted by Gasteiger charge is -2.28. The molecule has 0 aromatic heterocycles. The highest BCUT2D eigenvalue weighted by Crippen LogP contribution is 2.65. The number of hydrogen-bond donors (Lipinski definition) is 1. The number of fused-ring (bicyclic) bond motifs is 1. The van der Waals surface area contributed by atoms with Gasteiger partial charge in [0.2, 0.25) is 0 Å². The highest BCUT2D eigenvalue weighted by atomic mass is 16.3. The molecule has 2 rings (SSSR count). The first-order valence-corrected chi connectivity index (χ1v) is 6.35. The van der Waals surface area contributed by atoms with Gasteiger partial charge in [0.1, 0.15) is 0 Å². The fourth-order valence-corrected chi connectivity index (χ4v) is 3.43. The Kier molecular flexibility index (Phi) is 2.58. The molecule has 2 aliphatic carbocycles. The zero-order valence-electron chi connectivity index (χ0n) is 11.0. The molecule has 16 heavy (non-hydrogen) atoms. The van der Waals surface area contributed by atoms with E-state index in [0.717, 1.165) is 24.7 Å². The Hall–Kier alpha value is -0.560. The number of hydrogen-bond acceptors (Lipinski definition) is 1. The lowest BCUT2D eigenvalue weighted by molar-refractivity contribution is 0.101. The van der Waals surface area contributed by atoms with Crippen molar-refractivity contribution < 1.29 is 5.11 Å². The van der Waals surface area contributed by atoms with Gasteiger partial charge in [0.05, 0.1) is 5.60 Å². The van der Waals surface area contributed by atoms with Crippen molar-refractivity contribution in [1.82, 2.24) is 0 Å². The van der Waals surface area contributed by atoms with E-state index in [0.29, 0.717) is 5.41 Å². The van der Waals surface area contributed by atoms with Crippen LogP contribution in [-0.4, -0.2) is 10.7 Å². The van der Waals surface area contributed by atoms with Gasteiger partial charge in [0, 0.05) is 0 Å². The second kappa shape index (κ2) is 3.46. The van der Waals surface area contributed by atoms with Gasteiger partial charge in [-0.1, -0.05) is 31.1 Å². The van der Waals surface area contributed by atoms with Crippen LogP contribution < -0.4 is 0 Å². The predicted molar refractivity (Wildman–Crippen MR) is 68.1 cm³/mol. The lowest BCUT2D eigenvalue weighted by atomic mass is 9.78. The van der Waals surface area contributed by atoms with E-state index in [9.17, 15) is 5.11 Å². The Morgan fingerprint density at radius 1 is 1.56 bits per heavy atom. The third kappa shape index (κ3) is 1.75. The van der Waals surface area contributed by atoms with Crippen molar-refractivity contribution in [2.45, 2.75) is 52.6 Å². The number of allylic oxidation sites excluding steroid dienone is 2. The first kappa shape index (κ1) is 11.9. The molecule has 0 radical (unpaired) electrons. The maximum atomic E-state index is 9.98. The molecule has 0 aromatic carbocycles. The quantitative estimate of drug-likeness (QED) is 0.716. The van der Waals surface area contributed by atoms with Gasteiger partial charge in [-0.05, 0) is 50.4 Å². The van der Waals surface area contributed by atoms with E-state index < -0.39 is 5.60 Å². The first-order chi connectivity index (χ1) is 7.29. The van der Waals surface area contributed by atoms with Gasteiger partial charge in [-0.25, -0.2) is 0 Å². The summed E-state index contributed by atoms with van der Waals surface area (Å²) in [6.45, 7) is 12.6. The Balaban J connectivity index is 2.08. The normalized spacial score (nSPS) is 34.6. The van der Waals surface area contributed by atoms with E-state index in [2.05, 4.69) is 27.4 Å². The average molecular weight is 220 g/mol. The molecular formula is C15H24O. The summed E-state index contributed by atoms with van der Waals surface area (Å²) in [5, 5.41) is 9.98. The largest absolute Gasteiger partial charge is 0.386 e. The summed E-state index contributed by atoms with van der Waals surface area (Å²) in [6.07, 6.45) is 4.86. The molecule has 0 spiro atoms. The fraction of sp³-hybridized carbons (Fsp3) is 0.733. The molecule has 1 nitrogen and oxygen atoms in total. The fourth-order valence-electron chi connectivity index (χ4n) is 3.43.